The zero-order valence-electron chi connectivity index (χ0n) is 9.51. The van der Waals surface area contributed by atoms with E-state index in [9.17, 15) is 5.11 Å². The lowest BCUT2D eigenvalue weighted by Gasteiger charge is -2.20. The van der Waals surface area contributed by atoms with E-state index in [0.717, 1.165) is 11.4 Å². The summed E-state index contributed by atoms with van der Waals surface area (Å²) in [6, 6.07) is 3.89. The number of nitrogens with two attached hydrogens (primary N) is 1. The Labute approximate surface area is 90.7 Å². The van der Waals surface area contributed by atoms with Gasteiger partial charge in [-0.25, -0.2) is 4.98 Å². The maximum Gasteiger partial charge on any atom is 0.128 e. The fraction of sp³-hybridized carbons (Fsp3) is 0.545. The molecule has 0 aliphatic rings. The number of hydrogen-bond donors (Lipinski definition) is 2. The van der Waals surface area contributed by atoms with Crippen molar-refractivity contribution in [3.63, 3.8) is 0 Å². The highest BCUT2D eigenvalue weighted by Crippen LogP contribution is 2.13. The molecule has 4 nitrogen and oxygen atoms in total. The maximum absolute atomic E-state index is 9.24. The second-order valence-electron chi connectivity index (χ2n) is 3.97. The van der Waals surface area contributed by atoms with Gasteiger partial charge in [-0.05, 0) is 25.5 Å². The highest BCUT2D eigenvalue weighted by molar-refractivity contribution is 5.38. The minimum Gasteiger partial charge on any atom is -0.392 e. The third kappa shape index (κ3) is 3.49. The van der Waals surface area contributed by atoms with Crippen molar-refractivity contribution in [2.75, 3.05) is 18.5 Å². The summed E-state index contributed by atoms with van der Waals surface area (Å²) in [5, 5.41) is 9.24. The molecule has 3 N–H and O–H groups in total. The van der Waals surface area contributed by atoms with Crippen LogP contribution >= 0.6 is 0 Å². The van der Waals surface area contributed by atoms with Crippen LogP contribution in [0.3, 0.4) is 0 Å². The average molecular weight is 209 g/mol. The molecule has 2 atom stereocenters. The van der Waals surface area contributed by atoms with E-state index in [2.05, 4.69) is 4.98 Å². The summed E-state index contributed by atoms with van der Waals surface area (Å²) in [6.45, 7) is 4.26. The first-order valence-corrected chi connectivity index (χ1v) is 5.11. The minimum atomic E-state index is -0.357. The number of pyridine rings is 1. The fourth-order valence-electron chi connectivity index (χ4n) is 1.38. The van der Waals surface area contributed by atoms with Gasteiger partial charge in [-0.1, -0.05) is 6.07 Å². The Bertz CT molecular complexity index is 295. The Balaban J connectivity index is 2.71. The number of likely N-dealkylation sites (N-methyl/N-ethyl adjacent to an activating group) is 1. The first kappa shape index (κ1) is 11.9. The zero-order valence-corrected chi connectivity index (χ0v) is 9.51. The van der Waals surface area contributed by atoms with E-state index in [-0.39, 0.29) is 12.1 Å². The maximum atomic E-state index is 9.24. The molecule has 1 unspecified atom stereocenters. The number of hydrogen-bond acceptors (Lipinski definition) is 4. The molecule has 0 amide bonds. The summed E-state index contributed by atoms with van der Waals surface area (Å²) < 4.78 is 0. The summed E-state index contributed by atoms with van der Waals surface area (Å²) in [5.41, 5.74) is 6.74. The molecule has 4 heteroatoms. The monoisotopic (exact) mass is 209 g/mol. The first-order valence-electron chi connectivity index (χ1n) is 5.11. The largest absolute Gasteiger partial charge is 0.392 e. The lowest BCUT2D eigenvalue weighted by molar-refractivity contribution is 0.201. The fourth-order valence-corrected chi connectivity index (χ4v) is 1.38. The first-order chi connectivity index (χ1) is 7.00. The third-order valence-corrected chi connectivity index (χ3v) is 2.23. The quantitative estimate of drug-likeness (QED) is 0.774. The molecule has 1 aromatic heterocycles. The number of aliphatic hydroxyl groups is 1. The van der Waals surface area contributed by atoms with Crippen molar-refractivity contribution in [2.24, 2.45) is 5.73 Å². The predicted molar refractivity (Wildman–Crippen MR) is 61.8 cm³/mol. The Morgan fingerprint density at radius 2 is 2.13 bits per heavy atom. The Morgan fingerprint density at radius 1 is 1.47 bits per heavy atom. The molecule has 0 aromatic carbocycles. The summed E-state index contributed by atoms with van der Waals surface area (Å²) in [6.07, 6.45) is 1.42. The van der Waals surface area contributed by atoms with Crippen molar-refractivity contribution in [1.82, 2.24) is 4.98 Å². The van der Waals surface area contributed by atoms with Gasteiger partial charge >= 0.3 is 0 Å². The van der Waals surface area contributed by atoms with Crippen LogP contribution < -0.4 is 10.6 Å². The topological polar surface area (TPSA) is 62.4 Å². The van der Waals surface area contributed by atoms with Crippen LogP contribution in [-0.2, 0) is 0 Å². The van der Waals surface area contributed by atoms with E-state index in [4.69, 9.17) is 5.73 Å². The van der Waals surface area contributed by atoms with Crippen LogP contribution in [0.25, 0.3) is 0 Å². The van der Waals surface area contributed by atoms with Gasteiger partial charge in [-0.3, -0.25) is 0 Å². The van der Waals surface area contributed by atoms with Gasteiger partial charge in [0.2, 0.25) is 0 Å². The Kier molecular flexibility index (Phi) is 4.05. The normalized spacial score (nSPS) is 14.7. The predicted octanol–water partition coefficient (Wildman–Crippen LogP) is 0.918. The number of aromatic nitrogens is 1. The van der Waals surface area contributed by atoms with Crippen LogP contribution in [0.5, 0.6) is 0 Å². The summed E-state index contributed by atoms with van der Waals surface area (Å²) in [4.78, 5) is 6.20. The number of aliphatic hydroxyl groups excluding tert-OH is 1. The van der Waals surface area contributed by atoms with Crippen LogP contribution in [0, 0.1) is 0 Å². The number of anilines is 1. The van der Waals surface area contributed by atoms with Crippen molar-refractivity contribution < 1.29 is 5.11 Å². The van der Waals surface area contributed by atoms with Gasteiger partial charge in [0.15, 0.2) is 0 Å². The van der Waals surface area contributed by atoms with E-state index >= 15 is 0 Å². The second-order valence-corrected chi connectivity index (χ2v) is 3.97. The van der Waals surface area contributed by atoms with Crippen LogP contribution in [0.4, 0.5) is 5.82 Å². The van der Waals surface area contributed by atoms with Crippen LogP contribution in [-0.4, -0.2) is 29.8 Å². The standard InChI is InChI=1S/C11H19N3O/c1-8(15)7-14(3)11-5-4-10(6-13-11)9(2)12/h4-6,8-9,15H,7,12H2,1-3H3/t8?,9-/m1/s1. The highest BCUT2D eigenvalue weighted by atomic mass is 16.3. The number of nitrogens with zero attached hydrogens (tertiary/aromatic N) is 2. The molecule has 0 saturated heterocycles. The smallest absolute Gasteiger partial charge is 0.128 e. The van der Waals surface area contributed by atoms with Crippen molar-refractivity contribution in [3.8, 4) is 0 Å². The van der Waals surface area contributed by atoms with Gasteiger partial charge < -0.3 is 15.7 Å². The molecule has 1 aromatic rings. The lowest BCUT2D eigenvalue weighted by atomic mass is 10.1. The zero-order chi connectivity index (χ0) is 11.4. The Morgan fingerprint density at radius 3 is 2.53 bits per heavy atom. The van der Waals surface area contributed by atoms with Crippen molar-refractivity contribution in [2.45, 2.75) is 26.0 Å². The second kappa shape index (κ2) is 5.09. The molecule has 0 fully saturated rings. The molecule has 0 aliphatic heterocycles. The molecule has 84 valence electrons. The van der Waals surface area contributed by atoms with Gasteiger partial charge in [0, 0.05) is 25.8 Å². The van der Waals surface area contributed by atoms with E-state index < -0.39 is 0 Å². The molecule has 0 spiro atoms. The van der Waals surface area contributed by atoms with Gasteiger partial charge in [0.1, 0.15) is 5.82 Å². The summed E-state index contributed by atoms with van der Waals surface area (Å²) in [7, 11) is 1.90. The SMILES string of the molecule is CC(O)CN(C)c1ccc([C@@H](C)N)cn1. The van der Waals surface area contributed by atoms with Gasteiger partial charge in [-0.15, -0.1) is 0 Å². The van der Waals surface area contributed by atoms with E-state index in [1.807, 2.05) is 31.0 Å². The van der Waals surface area contributed by atoms with Crippen LogP contribution in [0.1, 0.15) is 25.5 Å². The van der Waals surface area contributed by atoms with Crippen LogP contribution in [0.2, 0.25) is 0 Å². The van der Waals surface area contributed by atoms with Gasteiger partial charge in [-0.2, -0.15) is 0 Å². The number of rotatable bonds is 4. The third-order valence-electron chi connectivity index (χ3n) is 2.23. The molecule has 0 aliphatic carbocycles. The van der Waals surface area contributed by atoms with E-state index in [0.29, 0.717) is 6.54 Å². The van der Waals surface area contributed by atoms with Gasteiger partial charge in [0.25, 0.3) is 0 Å². The van der Waals surface area contributed by atoms with Crippen molar-refractivity contribution in [1.29, 1.82) is 0 Å². The van der Waals surface area contributed by atoms with Crippen molar-refractivity contribution >= 4 is 5.82 Å². The molecule has 0 radical (unpaired) electrons. The van der Waals surface area contributed by atoms with Gasteiger partial charge in [0.05, 0.1) is 6.10 Å². The molecule has 0 bridgehead atoms. The molecular formula is C11H19N3O. The molecule has 1 heterocycles. The summed E-state index contributed by atoms with van der Waals surface area (Å²) >= 11 is 0. The lowest BCUT2D eigenvalue weighted by Crippen LogP contribution is -2.27. The van der Waals surface area contributed by atoms with Crippen molar-refractivity contribution in [3.05, 3.63) is 23.9 Å². The minimum absolute atomic E-state index is 0.00798. The summed E-state index contributed by atoms with van der Waals surface area (Å²) in [5.74, 6) is 0.848. The molecular weight excluding hydrogens is 190 g/mol. The molecule has 0 saturated carbocycles. The average Bonchev–Trinajstić information content (AvgIpc) is 2.17. The molecule has 15 heavy (non-hydrogen) atoms. The Hall–Kier alpha value is -1.13. The highest BCUT2D eigenvalue weighted by Gasteiger charge is 2.06. The molecule has 1 rings (SSSR count). The van der Waals surface area contributed by atoms with E-state index in [1.165, 1.54) is 0 Å². The van der Waals surface area contributed by atoms with E-state index in [1.54, 1.807) is 13.1 Å². The van der Waals surface area contributed by atoms with Crippen LogP contribution in [0.15, 0.2) is 18.3 Å².